The highest BCUT2D eigenvalue weighted by Crippen LogP contribution is 2.12. The van der Waals surface area contributed by atoms with E-state index in [0.717, 1.165) is 32.0 Å². The van der Waals surface area contributed by atoms with E-state index in [0.29, 0.717) is 12.0 Å². The van der Waals surface area contributed by atoms with Crippen LogP contribution in [0.5, 0.6) is 0 Å². The molecule has 0 radical (unpaired) electrons. The normalized spacial score (nSPS) is 10.6. The average Bonchev–Trinajstić information content (AvgIpc) is 2.23. The van der Waals surface area contributed by atoms with Gasteiger partial charge in [-0.05, 0) is 56.1 Å². The van der Waals surface area contributed by atoms with Gasteiger partial charge in [-0.1, -0.05) is 6.92 Å². The quantitative estimate of drug-likeness (QED) is 0.716. The van der Waals surface area contributed by atoms with E-state index in [9.17, 15) is 8.78 Å². The zero-order chi connectivity index (χ0) is 11.1. The third-order valence-electron chi connectivity index (χ3n) is 2.31. The highest BCUT2D eigenvalue weighted by Gasteiger charge is 2.02. The predicted molar refractivity (Wildman–Crippen MR) is 57.8 cm³/mol. The van der Waals surface area contributed by atoms with Crippen LogP contribution in [-0.4, -0.2) is 13.1 Å². The predicted octanol–water partition coefficient (Wildman–Crippen LogP) is 2.90. The summed E-state index contributed by atoms with van der Waals surface area (Å²) in [5, 5.41) is 3.19. The van der Waals surface area contributed by atoms with Crippen molar-refractivity contribution < 1.29 is 8.78 Å². The van der Waals surface area contributed by atoms with Crippen molar-refractivity contribution in [3.05, 3.63) is 35.4 Å². The first-order valence-electron chi connectivity index (χ1n) is 5.38. The van der Waals surface area contributed by atoms with Gasteiger partial charge in [0.1, 0.15) is 11.6 Å². The third-order valence-corrected chi connectivity index (χ3v) is 2.31. The monoisotopic (exact) mass is 213 g/mol. The first-order valence-corrected chi connectivity index (χ1v) is 5.38. The van der Waals surface area contributed by atoms with Gasteiger partial charge in [-0.15, -0.1) is 0 Å². The van der Waals surface area contributed by atoms with E-state index in [1.807, 2.05) is 6.92 Å². The Morgan fingerprint density at radius 3 is 2.73 bits per heavy atom. The highest BCUT2D eigenvalue weighted by molar-refractivity contribution is 5.18. The number of hydrogen-bond donors (Lipinski definition) is 1. The number of hydrogen-bond acceptors (Lipinski definition) is 1. The van der Waals surface area contributed by atoms with Crippen LogP contribution in [0.25, 0.3) is 0 Å². The van der Waals surface area contributed by atoms with E-state index in [4.69, 9.17) is 0 Å². The molecule has 0 saturated carbocycles. The minimum Gasteiger partial charge on any atom is -0.317 e. The molecule has 0 aliphatic rings. The van der Waals surface area contributed by atoms with Crippen molar-refractivity contribution in [2.24, 2.45) is 0 Å². The second-order valence-electron chi connectivity index (χ2n) is 3.55. The summed E-state index contributed by atoms with van der Waals surface area (Å²) in [6, 6.07) is 3.62. The van der Waals surface area contributed by atoms with Gasteiger partial charge in [0.25, 0.3) is 0 Å². The summed E-state index contributed by atoms with van der Waals surface area (Å²) in [6.07, 6.45) is 2.48. The molecule has 3 heteroatoms. The summed E-state index contributed by atoms with van der Waals surface area (Å²) in [6.45, 7) is 3.94. The molecule has 0 aliphatic heterocycles. The molecule has 1 nitrogen and oxygen atoms in total. The minimum atomic E-state index is -0.363. The number of aryl methyl sites for hydroxylation is 1. The van der Waals surface area contributed by atoms with Gasteiger partial charge < -0.3 is 5.32 Å². The lowest BCUT2D eigenvalue weighted by molar-refractivity contribution is 0.573. The first kappa shape index (κ1) is 12.1. The summed E-state index contributed by atoms with van der Waals surface area (Å²) in [5.41, 5.74) is 0.478. The number of nitrogens with one attached hydrogen (secondary N) is 1. The molecule has 15 heavy (non-hydrogen) atoms. The second-order valence-corrected chi connectivity index (χ2v) is 3.55. The Hall–Kier alpha value is -0.960. The second kappa shape index (κ2) is 6.51. The molecular weight excluding hydrogens is 196 g/mol. The van der Waals surface area contributed by atoms with Gasteiger partial charge in [-0.3, -0.25) is 0 Å². The van der Waals surface area contributed by atoms with Crippen molar-refractivity contribution in [2.45, 2.75) is 26.2 Å². The maximum atomic E-state index is 13.2. The van der Waals surface area contributed by atoms with Crippen LogP contribution in [0.15, 0.2) is 18.2 Å². The van der Waals surface area contributed by atoms with Crippen molar-refractivity contribution in [1.82, 2.24) is 5.32 Å². The van der Waals surface area contributed by atoms with Gasteiger partial charge in [0.15, 0.2) is 0 Å². The fourth-order valence-corrected chi connectivity index (χ4v) is 1.48. The molecule has 0 heterocycles. The van der Waals surface area contributed by atoms with Gasteiger partial charge in [0.05, 0.1) is 0 Å². The molecular formula is C12H17F2N. The molecule has 84 valence electrons. The molecule has 1 aromatic carbocycles. The molecule has 0 fully saturated rings. The van der Waals surface area contributed by atoms with Crippen LogP contribution in [0.3, 0.4) is 0 Å². The van der Waals surface area contributed by atoms with Crippen molar-refractivity contribution in [3.63, 3.8) is 0 Å². The van der Waals surface area contributed by atoms with Gasteiger partial charge in [-0.2, -0.15) is 0 Å². The largest absolute Gasteiger partial charge is 0.317 e. The molecule has 0 atom stereocenters. The van der Waals surface area contributed by atoms with Crippen molar-refractivity contribution in [2.75, 3.05) is 13.1 Å². The van der Waals surface area contributed by atoms with Crippen molar-refractivity contribution in [3.8, 4) is 0 Å². The molecule has 1 aromatic rings. The maximum absolute atomic E-state index is 13.2. The summed E-state index contributed by atoms with van der Waals surface area (Å²) < 4.78 is 26.0. The summed E-state index contributed by atoms with van der Waals surface area (Å²) in [7, 11) is 0. The SMILES string of the molecule is CCNCCCCc1cc(F)ccc1F. The van der Waals surface area contributed by atoms with Crippen LogP contribution >= 0.6 is 0 Å². The highest BCUT2D eigenvalue weighted by atomic mass is 19.1. The maximum Gasteiger partial charge on any atom is 0.126 e. The summed E-state index contributed by atoms with van der Waals surface area (Å²) in [5.74, 6) is -0.669. The summed E-state index contributed by atoms with van der Waals surface area (Å²) >= 11 is 0. The van der Waals surface area contributed by atoms with Crippen molar-refractivity contribution in [1.29, 1.82) is 0 Å². The average molecular weight is 213 g/mol. The Labute approximate surface area is 89.5 Å². The van der Waals surface area contributed by atoms with Crippen LogP contribution in [0, 0.1) is 11.6 Å². The molecule has 0 amide bonds. The number of rotatable bonds is 6. The molecule has 0 aromatic heterocycles. The lowest BCUT2D eigenvalue weighted by Gasteiger charge is -2.04. The fourth-order valence-electron chi connectivity index (χ4n) is 1.48. The zero-order valence-electron chi connectivity index (χ0n) is 9.02. The first-order chi connectivity index (χ1) is 7.24. The van der Waals surface area contributed by atoms with Gasteiger partial charge >= 0.3 is 0 Å². The van der Waals surface area contributed by atoms with Crippen LogP contribution in [-0.2, 0) is 6.42 Å². The lowest BCUT2D eigenvalue weighted by atomic mass is 10.1. The van der Waals surface area contributed by atoms with Crippen LogP contribution < -0.4 is 5.32 Å². The van der Waals surface area contributed by atoms with E-state index in [-0.39, 0.29) is 11.6 Å². The number of halogens is 2. The number of unbranched alkanes of at least 4 members (excludes halogenated alkanes) is 1. The van der Waals surface area contributed by atoms with E-state index < -0.39 is 0 Å². The lowest BCUT2D eigenvalue weighted by Crippen LogP contribution is -2.14. The van der Waals surface area contributed by atoms with E-state index in [1.54, 1.807) is 0 Å². The Morgan fingerprint density at radius 2 is 2.00 bits per heavy atom. The Balaban J connectivity index is 2.33. The molecule has 0 unspecified atom stereocenters. The minimum absolute atomic E-state index is 0.306. The van der Waals surface area contributed by atoms with Crippen molar-refractivity contribution >= 4 is 0 Å². The molecule has 0 spiro atoms. The van der Waals surface area contributed by atoms with Gasteiger partial charge in [-0.25, -0.2) is 8.78 Å². The molecule has 1 N–H and O–H groups in total. The molecule has 0 bridgehead atoms. The Kier molecular flexibility index (Phi) is 5.26. The van der Waals surface area contributed by atoms with E-state index in [2.05, 4.69) is 5.32 Å². The Morgan fingerprint density at radius 1 is 1.20 bits per heavy atom. The summed E-state index contributed by atoms with van der Waals surface area (Å²) in [4.78, 5) is 0. The van der Waals surface area contributed by atoms with Gasteiger partial charge in [0.2, 0.25) is 0 Å². The molecule has 0 aliphatic carbocycles. The third kappa shape index (κ3) is 4.38. The van der Waals surface area contributed by atoms with Crippen LogP contribution in [0.1, 0.15) is 25.3 Å². The van der Waals surface area contributed by atoms with Crippen LogP contribution in [0.2, 0.25) is 0 Å². The fraction of sp³-hybridized carbons (Fsp3) is 0.500. The van der Waals surface area contributed by atoms with Crippen LogP contribution in [0.4, 0.5) is 8.78 Å². The zero-order valence-corrected chi connectivity index (χ0v) is 9.02. The molecule has 1 rings (SSSR count). The smallest absolute Gasteiger partial charge is 0.126 e. The van der Waals surface area contributed by atoms with Gasteiger partial charge in [0, 0.05) is 0 Å². The van der Waals surface area contributed by atoms with E-state index >= 15 is 0 Å². The molecule has 0 saturated heterocycles. The topological polar surface area (TPSA) is 12.0 Å². The number of benzene rings is 1. The Bertz CT molecular complexity index is 300. The van der Waals surface area contributed by atoms with E-state index in [1.165, 1.54) is 12.1 Å². The standard InChI is InChI=1S/C12H17F2N/c1-2-15-8-4-3-5-10-9-11(13)6-7-12(10)14/h6-7,9,15H,2-5,8H2,1H3.